The van der Waals surface area contributed by atoms with Crippen LogP contribution in [0, 0.1) is 5.92 Å². The molecule has 1 aliphatic heterocycles. The lowest BCUT2D eigenvalue weighted by atomic mass is 9.62. The van der Waals surface area contributed by atoms with E-state index in [-0.39, 0.29) is 36.3 Å². The molecule has 2 N–H and O–H groups in total. The second kappa shape index (κ2) is 14.8. The van der Waals surface area contributed by atoms with E-state index < -0.39 is 23.3 Å². The van der Waals surface area contributed by atoms with Crippen LogP contribution in [0.15, 0.2) is 78.9 Å². The lowest BCUT2D eigenvalue weighted by molar-refractivity contribution is -0.149. The molecule has 5 rings (SSSR count). The minimum absolute atomic E-state index is 0.0283. The highest BCUT2D eigenvalue weighted by Crippen LogP contribution is 2.48. The van der Waals surface area contributed by atoms with Gasteiger partial charge in [0.2, 0.25) is 11.8 Å². The first-order valence-electron chi connectivity index (χ1n) is 16.6. The number of hydrogen-bond acceptors (Lipinski definition) is 6. The van der Waals surface area contributed by atoms with E-state index in [4.69, 9.17) is 9.47 Å². The third-order valence-corrected chi connectivity index (χ3v) is 9.54. The van der Waals surface area contributed by atoms with Gasteiger partial charge in [0.05, 0.1) is 30.6 Å². The maximum absolute atomic E-state index is 14.5. The third kappa shape index (κ3) is 6.89. The number of piperidine rings is 1. The van der Waals surface area contributed by atoms with E-state index in [0.29, 0.717) is 50.1 Å². The van der Waals surface area contributed by atoms with E-state index in [1.165, 1.54) is 0 Å². The average molecular weight is 640 g/mol. The molecule has 0 saturated carbocycles. The van der Waals surface area contributed by atoms with Crippen molar-refractivity contribution in [3.8, 4) is 5.75 Å². The van der Waals surface area contributed by atoms with Crippen LogP contribution in [0.1, 0.15) is 79.4 Å². The first kappa shape index (κ1) is 33.7. The summed E-state index contributed by atoms with van der Waals surface area (Å²) in [7, 11) is 1.54. The molecule has 0 spiro atoms. The normalized spacial score (nSPS) is 20.1. The van der Waals surface area contributed by atoms with Crippen molar-refractivity contribution < 1.29 is 28.7 Å². The highest BCUT2D eigenvalue weighted by atomic mass is 16.5. The molecule has 1 fully saturated rings. The molecular weight excluding hydrogens is 594 g/mol. The summed E-state index contributed by atoms with van der Waals surface area (Å²) in [6.07, 6.45) is 2.15. The van der Waals surface area contributed by atoms with Crippen LogP contribution in [-0.4, -0.2) is 67.5 Å². The fourth-order valence-electron chi connectivity index (χ4n) is 7.04. The summed E-state index contributed by atoms with van der Waals surface area (Å²) in [5.74, 6) is -0.969. The van der Waals surface area contributed by atoms with Crippen LogP contribution in [0.5, 0.6) is 5.75 Å². The number of hydrogen-bond donors (Lipinski definition) is 2. The van der Waals surface area contributed by atoms with Gasteiger partial charge in [0, 0.05) is 19.1 Å². The van der Waals surface area contributed by atoms with Gasteiger partial charge >= 0.3 is 5.97 Å². The molecule has 1 aliphatic carbocycles. The Morgan fingerprint density at radius 3 is 2.23 bits per heavy atom. The van der Waals surface area contributed by atoms with Crippen molar-refractivity contribution in [2.45, 2.75) is 69.9 Å². The largest absolute Gasteiger partial charge is 0.496 e. The zero-order valence-electron chi connectivity index (χ0n) is 27.7. The number of rotatable bonds is 10. The molecular formula is C38H45N3O6. The smallest absolute Gasteiger partial charge is 0.328 e. The molecule has 3 aromatic rings. The SMILES string of the molecule is CCOC(=O)[C@H](NC(=O)[C@@]1(c2ccccc2)CC[C@H](C(=O)N2CCC(NC(=O)c3ccccc3OC)CC2)c2ccccc21)C(C)C. The van der Waals surface area contributed by atoms with Gasteiger partial charge in [-0.1, -0.05) is 80.6 Å². The van der Waals surface area contributed by atoms with Gasteiger partial charge in [-0.3, -0.25) is 14.4 Å². The Bertz CT molecular complexity index is 1580. The minimum atomic E-state index is -1.09. The number of amides is 3. The summed E-state index contributed by atoms with van der Waals surface area (Å²) in [5, 5.41) is 6.16. The second-order valence-corrected chi connectivity index (χ2v) is 12.7. The average Bonchev–Trinajstić information content (AvgIpc) is 3.10. The Morgan fingerprint density at radius 1 is 0.894 bits per heavy atom. The van der Waals surface area contributed by atoms with Crippen LogP contribution in [0.4, 0.5) is 0 Å². The van der Waals surface area contributed by atoms with Crippen molar-refractivity contribution in [2.24, 2.45) is 5.92 Å². The second-order valence-electron chi connectivity index (χ2n) is 12.7. The zero-order valence-corrected chi connectivity index (χ0v) is 27.7. The number of likely N-dealkylation sites (tertiary alicyclic amines) is 1. The fourth-order valence-corrected chi connectivity index (χ4v) is 7.04. The highest BCUT2D eigenvalue weighted by molar-refractivity contribution is 5.98. The lowest BCUT2D eigenvalue weighted by Gasteiger charge is -2.43. The van der Waals surface area contributed by atoms with E-state index in [0.717, 1.165) is 16.7 Å². The summed E-state index contributed by atoms with van der Waals surface area (Å²) in [6, 6.07) is 23.6. The van der Waals surface area contributed by atoms with Gasteiger partial charge in [-0.15, -0.1) is 0 Å². The van der Waals surface area contributed by atoms with Crippen LogP contribution in [-0.2, 0) is 24.5 Å². The number of esters is 1. The van der Waals surface area contributed by atoms with E-state index >= 15 is 0 Å². The number of nitrogens with one attached hydrogen (secondary N) is 2. The van der Waals surface area contributed by atoms with E-state index in [2.05, 4.69) is 10.6 Å². The zero-order chi connectivity index (χ0) is 33.6. The van der Waals surface area contributed by atoms with Crippen LogP contribution >= 0.6 is 0 Å². The molecule has 2 aliphatic rings. The number of benzene rings is 3. The predicted octanol–water partition coefficient (Wildman–Crippen LogP) is 4.98. The van der Waals surface area contributed by atoms with Crippen molar-refractivity contribution in [1.82, 2.24) is 15.5 Å². The molecule has 3 aromatic carbocycles. The number of nitrogens with zero attached hydrogens (tertiary/aromatic N) is 1. The van der Waals surface area contributed by atoms with Crippen molar-refractivity contribution in [3.05, 3.63) is 101 Å². The number of fused-ring (bicyclic) bond motifs is 1. The Labute approximate surface area is 277 Å². The van der Waals surface area contributed by atoms with Crippen LogP contribution in [0.3, 0.4) is 0 Å². The number of ether oxygens (including phenoxy) is 2. The number of methoxy groups -OCH3 is 1. The molecule has 0 radical (unpaired) electrons. The van der Waals surface area contributed by atoms with Gasteiger partial charge in [0.25, 0.3) is 5.91 Å². The quantitative estimate of drug-likeness (QED) is 0.303. The number of para-hydroxylation sites is 1. The molecule has 1 saturated heterocycles. The van der Waals surface area contributed by atoms with Gasteiger partial charge < -0.3 is 25.0 Å². The van der Waals surface area contributed by atoms with Crippen LogP contribution in [0.25, 0.3) is 0 Å². The Balaban J connectivity index is 1.37. The minimum Gasteiger partial charge on any atom is -0.496 e. The van der Waals surface area contributed by atoms with Gasteiger partial charge in [-0.05, 0) is 67.3 Å². The van der Waals surface area contributed by atoms with Gasteiger partial charge in [0.15, 0.2) is 0 Å². The van der Waals surface area contributed by atoms with Crippen molar-refractivity contribution >= 4 is 23.7 Å². The van der Waals surface area contributed by atoms with E-state index in [1.54, 1.807) is 32.2 Å². The maximum atomic E-state index is 14.5. The van der Waals surface area contributed by atoms with E-state index in [1.807, 2.05) is 79.4 Å². The molecule has 3 atom stereocenters. The Kier molecular flexibility index (Phi) is 10.6. The maximum Gasteiger partial charge on any atom is 0.328 e. The topological polar surface area (TPSA) is 114 Å². The summed E-state index contributed by atoms with van der Waals surface area (Å²) >= 11 is 0. The van der Waals surface area contributed by atoms with Crippen LogP contribution in [0.2, 0.25) is 0 Å². The Hall–Kier alpha value is -4.66. The third-order valence-electron chi connectivity index (χ3n) is 9.54. The summed E-state index contributed by atoms with van der Waals surface area (Å²) < 4.78 is 10.7. The summed E-state index contributed by atoms with van der Waals surface area (Å²) in [6.45, 7) is 6.78. The molecule has 47 heavy (non-hydrogen) atoms. The monoisotopic (exact) mass is 639 g/mol. The lowest BCUT2D eigenvalue weighted by Crippen LogP contribution is -2.55. The first-order valence-corrected chi connectivity index (χ1v) is 16.6. The van der Waals surface area contributed by atoms with Crippen molar-refractivity contribution in [2.75, 3.05) is 26.8 Å². The first-order chi connectivity index (χ1) is 22.7. The van der Waals surface area contributed by atoms with Gasteiger partial charge in [-0.25, -0.2) is 4.79 Å². The molecule has 9 nitrogen and oxygen atoms in total. The molecule has 0 unspecified atom stereocenters. The molecule has 0 bridgehead atoms. The molecule has 9 heteroatoms. The highest BCUT2D eigenvalue weighted by Gasteiger charge is 2.50. The molecule has 3 amide bonds. The van der Waals surface area contributed by atoms with Gasteiger partial charge in [0.1, 0.15) is 11.8 Å². The van der Waals surface area contributed by atoms with E-state index in [9.17, 15) is 19.2 Å². The van der Waals surface area contributed by atoms with Crippen LogP contribution < -0.4 is 15.4 Å². The standard InChI is InChI=1S/C38H45N3O6/c1-5-47-36(44)33(25(2)3)40-37(45)38(26-13-7-6-8-14-26)22-19-29(28-15-9-11-17-31(28)38)35(43)41-23-20-27(21-24-41)39-34(42)30-16-10-12-18-32(30)46-4/h6-18,25,27,29,33H,5,19-24H2,1-4H3,(H,39,42)(H,40,45)/t29-,33+,38+/m0/s1. The molecule has 248 valence electrons. The van der Waals surface area contributed by atoms with Gasteiger partial charge in [-0.2, -0.15) is 0 Å². The Morgan fingerprint density at radius 2 is 1.55 bits per heavy atom. The van der Waals surface area contributed by atoms with Crippen molar-refractivity contribution in [1.29, 1.82) is 0 Å². The fraction of sp³-hybridized carbons (Fsp3) is 0.421. The summed E-state index contributed by atoms with van der Waals surface area (Å²) in [4.78, 5) is 56.4. The predicted molar refractivity (Wildman–Crippen MR) is 179 cm³/mol. The van der Waals surface area contributed by atoms with Crippen molar-refractivity contribution in [3.63, 3.8) is 0 Å². The molecule has 0 aromatic heterocycles. The number of carbonyl (C=O) groups is 4. The summed E-state index contributed by atoms with van der Waals surface area (Å²) in [5.41, 5.74) is 1.81. The molecule has 1 heterocycles. The number of carbonyl (C=O) groups excluding carboxylic acids is 4.